The molecule has 2 atom stereocenters. The minimum Gasteiger partial charge on any atom is -0.632 e. The van der Waals surface area contributed by atoms with E-state index in [9.17, 15) is 10.0 Å². The van der Waals surface area contributed by atoms with E-state index in [4.69, 9.17) is 38.4 Å². The maximum absolute atomic E-state index is 13.2. The van der Waals surface area contributed by atoms with E-state index in [1.165, 1.54) is 12.1 Å². The summed E-state index contributed by atoms with van der Waals surface area (Å²) < 4.78 is 10.8. The number of ether oxygens (including phenoxy) is 2. The molecule has 2 aromatic carbocycles. The first kappa shape index (κ1) is 22.7. The van der Waals surface area contributed by atoms with Crippen molar-refractivity contribution in [2.45, 2.75) is 19.6 Å². The van der Waals surface area contributed by atoms with Crippen molar-refractivity contribution < 1.29 is 18.9 Å². The number of morpholine rings is 1. The highest BCUT2D eigenvalue weighted by Gasteiger charge is 2.30. The lowest BCUT2D eigenvalue weighted by Gasteiger charge is -2.48. The van der Waals surface area contributed by atoms with Crippen LogP contribution < -0.4 is 15.8 Å². The van der Waals surface area contributed by atoms with Crippen LogP contribution in [0, 0.1) is 5.21 Å². The molecule has 1 amide bonds. The molecule has 1 aliphatic heterocycles. The minimum atomic E-state index is -0.456. The summed E-state index contributed by atoms with van der Waals surface area (Å²) in [5, 5.41) is 16.9. The number of amides is 1. The van der Waals surface area contributed by atoms with E-state index < -0.39 is 10.8 Å². The molecule has 162 valence electrons. The van der Waals surface area contributed by atoms with Crippen molar-refractivity contribution >= 4 is 34.8 Å². The molecule has 1 fully saturated rings. The molecule has 0 aliphatic carbocycles. The monoisotopic (exact) mass is 453 g/mol. The third kappa shape index (κ3) is 5.56. The van der Waals surface area contributed by atoms with Gasteiger partial charge < -0.3 is 30.4 Å². The summed E-state index contributed by atoms with van der Waals surface area (Å²) in [6.45, 7) is 3.50. The Labute approximate surface area is 185 Å². The largest absolute Gasteiger partial charge is 0.632 e. The number of nitrogens with two attached hydrogens (primary N) is 1. The Balaban J connectivity index is 1.64. The van der Waals surface area contributed by atoms with E-state index >= 15 is 0 Å². The molecule has 9 heteroatoms. The van der Waals surface area contributed by atoms with Crippen LogP contribution in [0.15, 0.2) is 36.4 Å². The highest BCUT2D eigenvalue weighted by atomic mass is 35.5. The fraction of sp³-hybridized carbons (Fsp3) is 0.381. The molecule has 1 aliphatic rings. The minimum absolute atomic E-state index is 0.192. The second-order valence-corrected chi connectivity index (χ2v) is 8.03. The van der Waals surface area contributed by atoms with E-state index in [0.29, 0.717) is 36.2 Å². The number of benzene rings is 2. The lowest BCUT2D eigenvalue weighted by atomic mass is 10.1. The number of carbonyl (C=O) groups excluding carboxylic acids is 1. The van der Waals surface area contributed by atoms with Crippen LogP contribution in [0.4, 0.5) is 5.69 Å². The number of nitrogens with zero attached hydrogens (tertiary/aromatic N) is 1. The standard InChI is InChI=1S/C21H25Cl2N3O4/c1-2-29-20-10-19(24)18(23)9-16(20)21(27)25-11-15-13-26(28,7-8-30-15)12-14-5-3-4-6-17(14)22/h3-6,9-10,15H,2,7-8,11-13,24H2,1H3,(H,25,27). The van der Waals surface area contributed by atoms with Crippen LogP contribution in [0.1, 0.15) is 22.8 Å². The topological polar surface area (TPSA) is 96.6 Å². The summed E-state index contributed by atoms with van der Waals surface area (Å²) in [6, 6.07) is 10.3. The van der Waals surface area contributed by atoms with Crippen LogP contribution in [0.3, 0.4) is 0 Å². The molecule has 0 bridgehead atoms. The van der Waals surface area contributed by atoms with Gasteiger partial charge in [-0.25, -0.2) is 0 Å². The Bertz CT molecular complexity index is 912. The summed E-state index contributed by atoms with van der Waals surface area (Å²) in [7, 11) is 0. The van der Waals surface area contributed by atoms with Gasteiger partial charge in [-0.3, -0.25) is 4.79 Å². The molecule has 0 spiro atoms. The van der Waals surface area contributed by atoms with E-state index in [0.717, 1.165) is 5.56 Å². The highest BCUT2D eigenvalue weighted by molar-refractivity contribution is 6.33. The Hall–Kier alpha value is -2.03. The van der Waals surface area contributed by atoms with E-state index in [1.807, 2.05) is 25.1 Å². The molecular weight excluding hydrogens is 429 g/mol. The molecule has 2 aromatic rings. The third-order valence-corrected chi connectivity index (χ3v) is 5.63. The number of rotatable bonds is 7. The van der Waals surface area contributed by atoms with Gasteiger partial charge in [-0.1, -0.05) is 41.4 Å². The summed E-state index contributed by atoms with van der Waals surface area (Å²) in [5.41, 5.74) is 7.22. The quantitative estimate of drug-likeness (QED) is 0.379. The van der Waals surface area contributed by atoms with Crippen LogP contribution in [0.2, 0.25) is 10.0 Å². The van der Waals surface area contributed by atoms with Gasteiger partial charge in [0, 0.05) is 23.2 Å². The van der Waals surface area contributed by atoms with Crippen molar-refractivity contribution in [3.05, 3.63) is 62.8 Å². The number of halogens is 2. The van der Waals surface area contributed by atoms with Gasteiger partial charge in [-0.2, -0.15) is 0 Å². The first-order chi connectivity index (χ1) is 14.3. The summed E-state index contributed by atoms with van der Waals surface area (Å²) in [4.78, 5) is 12.7. The smallest absolute Gasteiger partial charge is 0.255 e. The van der Waals surface area contributed by atoms with Crippen LogP contribution in [0.5, 0.6) is 5.75 Å². The Morgan fingerprint density at radius 3 is 2.83 bits per heavy atom. The normalized spacial score (nSPS) is 21.3. The predicted molar refractivity (Wildman–Crippen MR) is 118 cm³/mol. The van der Waals surface area contributed by atoms with Crippen LogP contribution in [0.25, 0.3) is 0 Å². The van der Waals surface area contributed by atoms with E-state index in [-0.39, 0.29) is 36.1 Å². The van der Waals surface area contributed by atoms with Crippen molar-refractivity contribution in [3.63, 3.8) is 0 Å². The number of hydroxylamine groups is 3. The molecule has 0 aromatic heterocycles. The number of nitrogen functional groups attached to an aromatic ring is 1. The zero-order chi connectivity index (χ0) is 21.7. The van der Waals surface area contributed by atoms with Gasteiger partial charge in [0.1, 0.15) is 31.5 Å². The van der Waals surface area contributed by atoms with Crippen molar-refractivity contribution in [2.75, 3.05) is 38.6 Å². The molecule has 7 nitrogen and oxygen atoms in total. The molecular formula is C21H25Cl2N3O4. The Morgan fingerprint density at radius 1 is 1.33 bits per heavy atom. The first-order valence-electron chi connectivity index (χ1n) is 9.73. The molecule has 2 unspecified atom stereocenters. The summed E-state index contributed by atoms with van der Waals surface area (Å²) in [5.74, 6) is -0.0150. The average molecular weight is 454 g/mol. The number of quaternary nitrogens is 1. The summed E-state index contributed by atoms with van der Waals surface area (Å²) >= 11 is 12.3. The molecule has 3 N–H and O–H groups in total. The van der Waals surface area contributed by atoms with Gasteiger partial charge in [0.05, 0.1) is 29.5 Å². The van der Waals surface area contributed by atoms with Crippen molar-refractivity contribution in [1.29, 1.82) is 0 Å². The molecule has 1 heterocycles. The first-order valence-corrected chi connectivity index (χ1v) is 10.5. The number of hydrogen-bond acceptors (Lipinski definition) is 5. The van der Waals surface area contributed by atoms with Crippen LogP contribution in [-0.2, 0) is 11.3 Å². The summed E-state index contributed by atoms with van der Waals surface area (Å²) in [6.07, 6.45) is -0.414. The van der Waals surface area contributed by atoms with Gasteiger partial charge in [0.15, 0.2) is 0 Å². The second kappa shape index (κ2) is 9.85. The van der Waals surface area contributed by atoms with Crippen molar-refractivity contribution in [3.8, 4) is 5.75 Å². The number of carbonyl (C=O) groups is 1. The van der Waals surface area contributed by atoms with Crippen LogP contribution in [-0.4, -0.2) is 49.5 Å². The number of hydrogen-bond donors (Lipinski definition) is 2. The SMILES string of the molecule is CCOc1cc(N)c(Cl)cc1C(=O)NCC1C[N+]([O-])(Cc2ccccc2Cl)CCO1. The fourth-order valence-corrected chi connectivity index (χ4v) is 3.79. The van der Waals surface area contributed by atoms with Crippen LogP contribution >= 0.6 is 23.2 Å². The van der Waals surface area contributed by atoms with Gasteiger partial charge >= 0.3 is 0 Å². The van der Waals surface area contributed by atoms with Gasteiger partial charge in [0.25, 0.3) is 5.91 Å². The molecule has 30 heavy (non-hydrogen) atoms. The van der Waals surface area contributed by atoms with Gasteiger partial charge in [-0.15, -0.1) is 0 Å². The molecule has 3 rings (SSSR count). The van der Waals surface area contributed by atoms with Gasteiger partial charge in [0.2, 0.25) is 0 Å². The Morgan fingerprint density at radius 2 is 2.10 bits per heavy atom. The molecule has 1 saturated heterocycles. The maximum atomic E-state index is 13.2. The number of anilines is 1. The molecule has 0 radical (unpaired) electrons. The lowest BCUT2D eigenvalue weighted by Crippen LogP contribution is -2.56. The van der Waals surface area contributed by atoms with Gasteiger partial charge in [-0.05, 0) is 19.1 Å². The zero-order valence-corrected chi connectivity index (χ0v) is 18.2. The Kier molecular flexibility index (Phi) is 7.44. The fourth-order valence-electron chi connectivity index (χ4n) is 3.43. The number of nitrogens with one attached hydrogen (secondary N) is 1. The average Bonchev–Trinajstić information content (AvgIpc) is 2.70. The molecule has 0 saturated carbocycles. The predicted octanol–water partition coefficient (Wildman–Crippen LogP) is 3.62. The van der Waals surface area contributed by atoms with E-state index in [1.54, 1.807) is 6.07 Å². The third-order valence-electron chi connectivity index (χ3n) is 4.94. The second-order valence-electron chi connectivity index (χ2n) is 7.22. The zero-order valence-electron chi connectivity index (χ0n) is 16.7. The highest BCUT2D eigenvalue weighted by Crippen LogP contribution is 2.29. The van der Waals surface area contributed by atoms with E-state index in [2.05, 4.69) is 5.32 Å². The van der Waals surface area contributed by atoms with Crippen molar-refractivity contribution in [2.24, 2.45) is 0 Å². The van der Waals surface area contributed by atoms with Crippen molar-refractivity contribution in [1.82, 2.24) is 5.32 Å². The maximum Gasteiger partial charge on any atom is 0.255 e. The lowest BCUT2D eigenvalue weighted by molar-refractivity contribution is -0.905.